The number of ether oxygens (including phenoxy) is 1. The van der Waals surface area contributed by atoms with E-state index in [1.165, 1.54) is 0 Å². The van der Waals surface area contributed by atoms with Crippen molar-refractivity contribution in [2.45, 2.75) is 0 Å². The summed E-state index contributed by atoms with van der Waals surface area (Å²) in [6.45, 7) is 3.12. The molecule has 136 valence electrons. The fraction of sp³-hybridized carbons (Fsp3) is 0.263. The molecule has 8 heteroatoms. The van der Waals surface area contributed by atoms with E-state index in [2.05, 4.69) is 38.6 Å². The van der Waals surface area contributed by atoms with Gasteiger partial charge in [0.15, 0.2) is 0 Å². The maximum atomic E-state index is 5.50. The number of nitrogens with zero attached hydrogens (tertiary/aromatic N) is 6. The SMILES string of the molecule is Cn1c(N2CCOCC2)nc(-c2ccccc2)c1-c1nc2cncnc2s1. The smallest absolute Gasteiger partial charge is 0.206 e. The molecule has 0 amide bonds. The van der Waals surface area contributed by atoms with Crippen LogP contribution in [0.15, 0.2) is 42.9 Å². The van der Waals surface area contributed by atoms with E-state index in [-0.39, 0.29) is 0 Å². The van der Waals surface area contributed by atoms with Crippen LogP contribution in [-0.4, -0.2) is 50.8 Å². The molecule has 0 N–H and O–H groups in total. The normalized spacial score (nSPS) is 14.8. The predicted octanol–water partition coefficient (Wildman–Crippen LogP) is 2.99. The Bertz CT molecular complexity index is 1050. The predicted molar refractivity (Wildman–Crippen MR) is 106 cm³/mol. The van der Waals surface area contributed by atoms with Gasteiger partial charge in [-0.05, 0) is 0 Å². The first kappa shape index (κ1) is 16.3. The lowest BCUT2D eigenvalue weighted by molar-refractivity contribution is 0.122. The van der Waals surface area contributed by atoms with Crippen molar-refractivity contribution in [3.05, 3.63) is 42.9 Å². The largest absolute Gasteiger partial charge is 0.378 e. The minimum absolute atomic E-state index is 0.722. The number of aromatic nitrogens is 5. The lowest BCUT2D eigenvalue weighted by atomic mass is 10.1. The van der Waals surface area contributed by atoms with Crippen LogP contribution in [0.5, 0.6) is 0 Å². The van der Waals surface area contributed by atoms with Crippen molar-refractivity contribution in [3.63, 3.8) is 0 Å². The van der Waals surface area contributed by atoms with Gasteiger partial charge in [-0.3, -0.25) is 0 Å². The minimum Gasteiger partial charge on any atom is -0.378 e. The lowest BCUT2D eigenvalue weighted by Crippen LogP contribution is -2.37. The first-order valence-corrected chi connectivity index (χ1v) is 9.64. The molecule has 0 radical (unpaired) electrons. The second-order valence-corrected chi connectivity index (χ2v) is 7.34. The van der Waals surface area contributed by atoms with Gasteiger partial charge in [0.1, 0.15) is 33.1 Å². The third-order valence-corrected chi connectivity index (χ3v) is 5.67. The van der Waals surface area contributed by atoms with Crippen LogP contribution < -0.4 is 4.90 Å². The number of anilines is 1. The van der Waals surface area contributed by atoms with Crippen molar-refractivity contribution < 1.29 is 4.74 Å². The van der Waals surface area contributed by atoms with E-state index in [0.717, 1.165) is 64.6 Å². The molecule has 0 atom stereocenters. The van der Waals surface area contributed by atoms with E-state index in [4.69, 9.17) is 14.7 Å². The number of thiazole rings is 1. The molecule has 1 aromatic carbocycles. The van der Waals surface area contributed by atoms with Gasteiger partial charge in [-0.25, -0.2) is 19.9 Å². The molecule has 1 aliphatic rings. The molecule has 5 rings (SSSR count). The Labute approximate surface area is 160 Å². The molecule has 0 unspecified atom stereocenters. The third kappa shape index (κ3) is 2.87. The van der Waals surface area contributed by atoms with Crippen molar-refractivity contribution >= 4 is 27.6 Å². The summed E-state index contributed by atoms with van der Waals surface area (Å²) in [6, 6.07) is 10.3. The summed E-state index contributed by atoms with van der Waals surface area (Å²) in [6.07, 6.45) is 3.31. The molecule has 0 spiro atoms. The van der Waals surface area contributed by atoms with Crippen LogP contribution in [-0.2, 0) is 11.8 Å². The van der Waals surface area contributed by atoms with Gasteiger partial charge in [-0.1, -0.05) is 41.7 Å². The average molecular weight is 378 g/mol. The molecule has 27 heavy (non-hydrogen) atoms. The Morgan fingerprint density at radius 1 is 1.07 bits per heavy atom. The molecule has 7 nitrogen and oxygen atoms in total. The molecule has 0 saturated carbocycles. The standard InChI is InChI=1S/C19H18N6OS/c1-24-16(18-22-14-11-20-12-21-17(14)27-18)15(13-5-3-2-4-6-13)23-19(24)25-7-9-26-10-8-25/h2-6,11-12H,7-10H2,1H3. The van der Waals surface area contributed by atoms with Gasteiger partial charge < -0.3 is 14.2 Å². The maximum absolute atomic E-state index is 5.50. The van der Waals surface area contributed by atoms with Crippen LogP contribution >= 0.6 is 11.3 Å². The molecule has 0 bridgehead atoms. The number of hydrogen-bond donors (Lipinski definition) is 0. The van der Waals surface area contributed by atoms with E-state index in [1.54, 1.807) is 23.9 Å². The highest BCUT2D eigenvalue weighted by Crippen LogP contribution is 2.38. The fourth-order valence-electron chi connectivity index (χ4n) is 3.37. The molecule has 1 saturated heterocycles. The van der Waals surface area contributed by atoms with Crippen molar-refractivity contribution in [1.29, 1.82) is 0 Å². The Hall–Kier alpha value is -2.84. The number of imidazole rings is 1. The van der Waals surface area contributed by atoms with Gasteiger partial charge in [0.25, 0.3) is 0 Å². The van der Waals surface area contributed by atoms with E-state index >= 15 is 0 Å². The van der Waals surface area contributed by atoms with Gasteiger partial charge in [0.2, 0.25) is 5.95 Å². The second-order valence-electron chi connectivity index (χ2n) is 6.37. The summed E-state index contributed by atoms with van der Waals surface area (Å²) in [5.41, 5.74) is 3.83. The highest BCUT2D eigenvalue weighted by Gasteiger charge is 2.25. The van der Waals surface area contributed by atoms with Gasteiger partial charge in [0, 0.05) is 25.7 Å². The first-order chi connectivity index (χ1) is 13.3. The summed E-state index contributed by atoms with van der Waals surface area (Å²) in [5.74, 6) is 0.942. The van der Waals surface area contributed by atoms with Crippen LogP contribution in [0.2, 0.25) is 0 Å². The Morgan fingerprint density at radius 2 is 1.89 bits per heavy atom. The van der Waals surface area contributed by atoms with E-state index < -0.39 is 0 Å². The van der Waals surface area contributed by atoms with Crippen molar-refractivity contribution in [2.75, 3.05) is 31.2 Å². The zero-order chi connectivity index (χ0) is 18.2. The van der Waals surface area contributed by atoms with Gasteiger partial charge in [0.05, 0.1) is 19.4 Å². The van der Waals surface area contributed by atoms with Crippen LogP contribution in [0, 0.1) is 0 Å². The molecule has 1 aliphatic heterocycles. The summed E-state index contributed by atoms with van der Waals surface area (Å²) < 4.78 is 7.64. The topological polar surface area (TPSA) is 69.0 Å². The number of benzene rings is 1. The molecular formula is C19H18N6OS. The number of rotatable bonds is 3. The van der Waals surface area contributed by atoms with Crippen molar-refractivity contribution in [1.82, 2.24) is 24.5 Å². The first-order valence-electron chi connectivity index (χ1n) is 8.83. The summed E-state index contributed by atoms with van der Waals surface area (Å²) >= 11 is 1.57. The minimum atomic E-state index is 0.722. The summed E-state index contributed by atoms with van der Waals surface area (Å²) in [7, 11) is 2.05. The van der Waals surface area contributed by atoms with Gasteiger partial charge >= 0.3 is 0 Å². The highest BCUT2D eigenvalue weighted by molar-refractivity contribution is 7.21. The molecule has 4 heterocycles. The average Bonchev–Trinajstić information content (AvgIpc) is 3.30. The summed E-state index contributed by atoms with van der Waals surface area (Å²) in [4.78, 5) is 21.4. The quantitative estimate of drug-likeness (QED) is 0.546. The molecule has 4 aromatic rings. The second kappa shape index (κ2) is 6.71. The number of morpholine rings is 1. The fourth-order valence-corrected chi connectivity index (χ4v) is 4.33. The Morgan fingerprint density at radius 3 is 2.67 bits per heavy atom. The van der Waals surface area contributed by atoms with Crippen LogP contribution in [0.4, 0.5) is 5.95 Å². The van der Waals surface area contributed by atoms with Crippen LogP contribution in [0.25, 0.3) is 32.3 Å². The Balaban J connectivity index is 1.71. The Kier molecular flexibility index (Phi) is 4.06. The maximum Gasteiger partial charge on any atom is 0.206 e. The lowest BCUT2D eigenvalue weighted by Gasteiger charge is -2.27. The van der Waals surface area contributed by atoms with Gasteiger partial charge in [-0.15, -0.1) is 0 Å². The van der Waals surface area contributed by atoms with E-state index in [9.17, 15) is 0 Å². The number of fused-ring (bicyclic) bond motifs is 1. The zero-order valence-electron chi connectivity index (χ0n) is 14.9. The summed E-state index contributed by atoms with van der Waals surface area (Å²) in [5, 5.41) is 0.902. The highest BCUT2D eigenvalue weighted by atomic mass is 32.1. The van der Waals surface area contributed by atoms with E-state index in [1.807, 2.05) is 18.2 Å². The molecular weight excluding hydrogens is 360 g/mol. The van der Waals surface area contributed by atoms with Crippen molar-refractivity contribution in [3.8, 4) is 22.0 Å². The van der Waals surface area contributed by atoms with E-state index in [0.29, 0.717) is 0 Å². The molecule has 3 aromatic heterocycles. The monoisotopic (exact) mass is 378 g/mol. The van der Waals surface area contributed by atoms with Crippen LogP contribution in [0.1, 0.15) is 0 Å². The number of hydrogen-bond acceptors (Lipinski definition) is 7. The zero-order valence-corrected chi connectivity index (χ0v) is 15.7. The third-order valence-electron chi connectivity index (χ3n) is 4.69. The molecule has 0 aliphatic carbocycles. The van der Waals surface area contributed by atoms with Crippen molar-refractivity contribution in [2.24, 2.45) is 7.05 Å². The van der Waals surface area contributed by atoms with Crippen LogP contribution in [0.3, 0.4) is 0 Å². The van der Waals surface area contributed by atoms with Gasteiger partial charge in [-0.2, -0.15) is 0 Å². The molecule has 1 fully saturated rings.